The summed E-state index contributed by atoms with van der Waals surface area (Å²) in [5, 5.41) is 10.1. The normalized spacial score (nSPS) is 12.0. The second kappa shape index (κ2) is 7.76. The molecule has 2 N–H and O–H groups in total. The Morgan fingerprint density at radius 3 is 2.70 bits per heavy atom. The average molecular weight is 318 g/mol. The Bertz CT molecular complexity index is 651. The highest BCUT2D eigenvalue weighted by molar-refractivity contribution is 5.74. The zero-order valence-corrected chi connectivity index (χ0v) is 13.8. The van der Waals surface area contributed by atoms with Crippen molar-refractivity contribution >= 4 is 6.03 Å². The third kappa shape index (κ3) is 4.31. The van der Waals surface area contributed by atoms with Gasteiger partial charge >= 0.3 is 6.03 Å². The minimum absolute atomic E-state index is 0.161. The molecule has 0 radical (unpaired) electrons. The van der Waals surface area contributed by atoms with Crippen molar-refractivity contribution in [1.29, 1.82) is 0 Å². The summed E-state index contributed by atoms with van der Waals surface area (Å²) in [7, 11) is 0. The van der Waals surface area contributed by atoms with Crippen LogP contribution in [0.25, 0.3) is 5.69 Å². The second-order valence-electron chi connectivity index (χ2n) is 5.55. The number of hydrogen-bond donors (Lipinski definition) is 2. The van der Waals surface area contributed by atoms with Gasteiger partial charge in [-0.1, -0.05) is 13.3 Å². The van der Waals surface area contributed by atoms with E-state index in [2.05, 4.69) is 22.7 Å². The minimum atomic E-state index is -0.280. The molecule has 1 atom stereocenters. The quantitative estimate of drug-likeness (QED) is 0.801. The smallest absolute Gasteiger partial charge is 0.315 e. The zero-order valence-electron chi connectivity index (χ0n) is 13.8. The molecule has 2 amide bonds. The number of urea groups is 1. The van der Waals surface area contributed by atoms with Gasteiger partial charge in [0, 0.05) is 17.8 Å². The maximum absolute atomic E-state index is 13.0. The number of amides is 2. The van der Waals surface area contributed by atoms with Gasteiger partial charge in [-0.2, -0.15) is 5.10 Å². The number of nitrogens with one attached hydrogen (secondary N) is 2. The summed E-state index contributed by atoms with van der Waals surface area (Å²) in [6.07, 6.45) is 3.73. The van der Waals surface area contributed by atoms with E-state index in [1.807, 2.05) is 13.8 Å². The Hall–Kier alpha value is -2.37. The molecule has 124 valence electrons. The highest BCUT2D eigenvalue weighted by Gasteiger charge is 2.16. The van der Waals surface area contributed by atoms with Crippen LogP contribution in [0.3, 0.4) is 0 Å². The van der Waals surface area contributed by atoms with Gasteiger partial charge in [0.25, 0.3) is 0 Å². The summed E-state index contributed by atoms with van der Waals surface area (Å²) >= 11 is 0. The summed E-state index contributed by atoms with van der Waals surface area (Å²) in [6.45, 7) is 6.59. The minimum Gasteiger partial charge on any atom is -0.338 e. The van der Waals surface area contributed by atoms with Gasteiger partial charge in [0.2, 0.25) is 0 Å². The van der Waals surface area contributed by atoms with Crippen molar-refractivity contribution < 1.29 is 9.18 Å². The molecule has 0 aliphatic heterocycles. The molecule has 0 aliphatic rings. The standard InChI is InChI=1S/C17H23FN4O/c1-4-5-10-19-17(23)21-12(2)16-11-20-22(13(16)3)15-8-6-14(18)7-9-15/h6-9,11-12H,4-5,10H2,1-3H3,(H2,19,21,23). The predicted octanol–water partition coefficient (Wildman–Crippen LogP) is 3.48. The molecule has 1 aromatic carbocycles. The van der Waals surface area contributed by atoms with E-state index < -0.39 is 0 Å². The van der Waals surface area contributed by atoms with Crippen LogP contribution >= 0.6 is 0 Å². The molecule has 1 heterocycles. The van der Waals surface area contributed by atoms with Crippen molar-refractivity contribution in [3.05, 3.63) is 47.5 Å². The summed E-state index contributed by atoms with van der Waals surface area (Å²) in [5.41, 5.74) is 2.63. The first-order valence-corrected chi connectivity index (χ1v) is 7.87. The van der Waals surface area contributed by atoms with Crippen molar-refractivity contribution in [3.63, 3.8) is 0 Å². The molecule has 0 bridgehead atoms. The molecule has 2 aromatic rings. The van der Waals surface area contributed by atoms with Crippen molar-refractivity contribution in [2.24, 2.45) is 0 Å². The number of benzene rings is 1. The lowest BCUT2D eigenvalue weighted by Crippen LogP contribution is -2.37. The number of carbonyl (C=O) groups excluding carboxylic acids is 1. The maximum atomic E-state index is 13.0. The fraction of sp³-hybridized carbons (Fsp3) is 0.412. The van der Waals surface area contributed by atoms with Crippen molar-refractivity contribution in [2.75, 3.05) is 6.54 Å². The van der Waals surface area contributed by atoms with Gasteiger partial charge in [-0.3, -0.25) is 0 Å². The summed E-state index contributed by atoms with van der Waals surface area (Å²) in [4.78, 5) is 11.8. The van der Waals surface area contributed by atoms with E-state index >= 15 is 0 Å². The van der Waals surface area contributed by atoms with Crippen LogP contribution in [0.1, 0.15) is 44.0 Å². The second-order valence-corrected chi connectivity index (χ2v) is 5.55. The molecule has 1 aromatic heterocycles. The largest absolute Gasteiger partial charge is 0.338 e. The van der Waals surface area contributed by atoms with Crippen LogP contribution < -0.4 is 10.6 Å². The van der Waals surface area contributed by atoms with E-state index in [0.29, 0.717) is 6.54 Å². The fourth-order valence-corrected chi connectivity index (χ4v) is 2.39. The molecule has 0 aliphatic carbocycles. The van der Waals surface area contributed by atoms with Gasteiger partial charge in [-0.15, -0.1) is 0 Å². The molecule has 5 nitrogen and oxygen atoms in total. The van der Waals surface area contributed by atoms with Gasteiger partial charge in [0.05, 0.1) is 17.9 Å². The topological polar surface area (TPSA) is 59.0 Å². The molecule has 0 spiro atoms. The SMILES string of the molecule is CCCCNC(=O)NC(C)c1cnn(-c2ccc(F)cc2)c1C. The number of rotatable bonds is 6. The van der Waals surface area contributed by atoms with Crippen LogP contribution in [0.15, 0.2) is 30.5 Å². The lowest BCUT2D eigenvalue weighted by Gasteiger charge is -2.15. The van der Waals surface area contributed by atoms with Gasteiger partial charge in [-0.25, -0.2) is 13.9 Å². The van der Waals surface area contributed by atoms with E-state index in [0.717, 1.165) is 29.8 Å². The fourth-order valence-electron chi connectivity index (χ4n) is 2.39. The highest BCUT2D eigenvalue weighted by atomic mass is 19.1. The van der Waals surface area contributed by atoms with Crippen LogP contribution in [0.4, 0.5) is 9.18 Å². The first kappa shape index (κ1) is 17.0. The first-order valence-electron chi connectivity index (χ1n) is 7.87. The summed E-state index contributed by atoms with van der Waals surface area (Å²) in [6, 6.07) is 5.81. The first-order chi connectivity index (χ1) is 11.0. The van der Waals surface area contributed by atoms with Crippen LogP contribution in [0.2, 0.25) is 0 Å². The Balaban J connectivity index is 2.06. The number of unbranched alkanes of at least 4 members (excludes halogenated alkanes) is 1. The van der Waals surface area contributed by atoms with E-state index in [1.54, 1.807) is 23.0 Å². The zero-order chi connectivity index (χ0) is 16.8. The van der Waals surface area contributed by atoms with E-state index in [1.165, 1.54) is 12.1 Å². The summed E-state index contributed by atoms with van der Waals surface area (Å²) in [5.74, 6) is -0.280. The van der Waals surface area contributed by atoms with E-state index in [4.69, 9.17) is 0 Å². The van der Waals surface area contributed by atoms with Crippen LogP contribution in [-0.4, -0.2) is 22.4 Å². The molecule has 6 heteroatoms. The van der Waals surface area contributed by atoms with E-state index in [-0.39, 0.29) is 17.9 Å². The molecule has 2 rings (SSSR count). The number of halogens is 1. The predicted molar refractivity (Wildman–Crippen MR) is 88.1 cm³/mol. The number of carbonyl (C=O) groups is 1. The van der Waals surface area contributed by atoms with Crippen LogP contribution in [-0.2, 0) is 0 Å². The maximum Gasteiger partial charge on any atom is 0.315 e. The van der Waals surface area contributed by atoms with Crippen LogP contribution in [0.5, 0.6) is 0 Å². The Morgan fingerprint density at radius 1 is 1.35 bits per heavy atom. The molecular formula is C17H23FN4O. The van der Waals surface area contributed by atoms with Gasteiger partial charge < -0.3 is 10.6 Å². The average Bonchev–Trinajstić information content (AvgIpc) is 2.90. The van der Waals surface area contributed by atoms with Crippen molar-refractivity contribution in [2.45, 2.75) is 39.7 Å². The third-order valence-electron chi connectivity index (χ3n) is 3.75. The Morgan fingerprint density at radius 2 is 2.04 bits per heavy atom. The Labute approximate surface area is 135 Å². The molecular weight excluding hydrogens is 295 g/mol. The molecule has 23 heavy (non-hydrogen) atoms. The lowest BCUT2D eigenvalue weighted by molar-refractivity contribution is 0.237. The van der Waals surface area contributed by atoms with Gasteiger partial charge in [0.15, 0.2) is 0 Å². The molecule has 0 fully saturated rings. The molecule has 0 saturated carbocycles. The van der Waals surface area contributed by atoms with Crippen molar-refractivity contribution in [1.82, 2.24) is 20.4 Å². The van der Waals surface area contributed by atoms with E-state index in [9.17, 15) is 9.18 Å². The van der Waals surface area contributed by atoms with Crippen LogP contribution in [0, 0.1) is 12.7 Å². The Kier molecular flexibility index (Phi) is 5.73. The summed E-state index contributed by atoms with van der Waals surface area (Å²) < 4.78 is 14.8. The lowest BCUT2D eigenvalue weighted by atomic mass is 10.1. The van der Waals surface area contributed by atoms with Crippen molar-refractivity contribution in [3.8, 4) is 5.69 Å². The van der Waals surface area contributed by atoms with Gasteiger partial charge in [0.1, 0.15) is 5.82 Å². The molecule has 0 saturated heterocycles. The number of aromatic nitrogens is 2. The molecule has 1 unspecified atom stereocenters. The highest BCUT2D eigenvalue weighted by Crippen LogP contribution is 2.20. The van der Waals surface area contributed by atoms with Gasteiger partial charge in [-0.05, 0) is 44.5 Å². The number of nitrogens with zero attached hydrogens (tertiary/aromatic N) is 2. The third-order valence-corrected chi connectivity index (χ3v) is 3.75. The number of hydrogen-bond acceptors (Lipinski definition) is 2. The monoisotopic (exact) mass is 318 g/mol.